The molecule has 0 amide bonds. The molecule has 0 aromatic heterocycles. The Bertz CT molecular complexity index is 709. The molecule has 25 heavy (non-hydrogen) atoms. The first kappa shape index (κ1) is 18.6. The Balaban J connectivity index is 2.19. The lowest BCUT2D eigenvalue weighted by molar-refractivity contribution is 0.0462. The molecule has 0 bridgehead atoms. The molecule has 0 atom stereocenters. The molecule has 0 aliphatic heterocycles. The van der Waals surface area contributed by atoms with Crippen LogP contribution in [0.25, 0.3) is 0 Å². The van der Waals surface area contributed by atoms with Crippen LogP contribution in [0.4, 0.5) is 0 Å². The van der Waals surface area contributed by atoms with Gasteiger partial charge < -0.3 is 23.7 Å². The Kier molecular flexibility index (Phi) is 6.65. The van der Waals surface area contributed by atoms with E-state index in [1.54, 1.807) is 26.2 Å². The molecule has 0 N–H and O–H groups in total. The fraction of sp³-hybridized carbons (Fsp3) is 0.316. The molecule has 0 aliphatic rings. The Morgan fingerprint density at radius 3 is 2.28 bits per heavy atom. The standard InChI is InChI=1S/C19H22O6/c1-13-9-16(24-11-14-5-7-15(22-3)8-6-14)10-17(25-12-21-2)18(13)19(20)23-4/h5-10H,11-12H2,1-4H3. The molecule has 0 radical (unpaired) electrons. The van der Waals surface area contributed by atoms with Crippen LogP contribution in [-0.4, -0.2) is 34.1 Å². The molecule has 0 spiro atoms. The van der Waals surface area contributed by atoms with Crippen LogP contribution in [0.5, 0.6) is 17.2 Å². The Morgan fingerprint density at radius 2 is 1.68 bits per heavy atom. The van der Waals surface area contributed by atoms with E-state index >= 15 is 0 Å². The third-order valence-electron chi connectivity index (χ3n) is 3.56. The summed E-state index contributed by atoms with van der Waals surface area (Å²) < 4.78 is 26.2. The van der Waals surface area contributed by atoms with Crippen molar-refractivity contribution in [2.75, 3.05) is 28.1 Å². The van der Waals surface area contributed by atoms with Crippen LogP contribution < -0.4 is 14.2 Å². The quantitative estimate of drug-likeness (QED) is 0.539. The second kappa shape index (κ2) is 8.94. The van der Waals surface area contributed by atoms with Crippen molar-refractivity contribution in [3.63, 3.8) is 0 Å². The minimum Gasteiger partial charge on any atom is -0.497 e. The molecule has 2 aromatic carbocycles. The van der Waals surface area contributed by atoms with Crippen molar-refractivity contribution in [2.45, 2.75) is 13.5 Å². The monoisotopic (exact) mass is 346 g/mol. The zero-order valence-electron chi connectivity index (χ0n) is 14.8. The molecule has 0 fully saturated rings. The molecule has 0 heterocycles. The van der Waals surface area contributed by atoms with Crippen LogP contribution in [0.3, 0.4) is 0 Å². The number of benzene rings is 2. The molecule has 2 aromatic rings. The van der Waals surface area contributed by atoms with Crippen LogP contribution in [-0.2, 0) is 16.1 Å². The van der Waals surface area contributed by atoms with Gasteiger partial charge in [0.25, 0.3) is 0 Å². The van der Waals surface area contributed by atoms with Gasteiger partial charge in [-0.2, -0.15) is 0 Å². The molecule has 0 saturated carbocycles. The minimum absolute atomic E-state index is 0.0192. The summed E-state index contributed by atoms with van der Waals surface area (Å²) in [6.45, 7) is 2.20. The molecule has 134 valence electrons. The minimum atomic E-state index is -0.467. The van der Waals surface area contributed by atoms with Crippen molar-refractivity contribution in [3.05, 3.63) is 53.1 Å². The highest BCUT2D eigenvalue weighted by Gasteiger charge is 2.18. The van der Waals surface area contributed by atoms with Gasteiger partial charge in [-0.1, -0.05) is 12.1 Å². The highest BCUT2D eigenvalue weighted by Crippen LogP contribution is 2.30. The summed E-state index contributed by atoms with van der Waals surface area (Å²) in [4.78, 5) is 12.0. The molecule has 6 heteroatoms. The van der Waals surface area contributed by atoms with Crippen molar-refractivity contribution in [3.8, 4) is 17.2 Å². The normalized spacial score (nSPS) is 10.2. The lowest BCUT2D eigenvalue weighted by Crippen LogP contribution is -2.10. The first-order valence-corrected chi connectivity index (χ1v) is 7.69. The van der Waals surface area contributed by atoms with Crippen LogP contribution >= 0.6 is 0 Å². The van der Waals surface area contributed by atoms with E-state index in [1.165, 1.54) is 14.2 Å². The van der Waals surface area contributed by atoms with Crippen LogP contribution in [0, 0.1) is 6.92 Å². The highest BCUT2D eigenvalue weighted by molar-refractivity contribution is 5.94. The zero-order valence-corrected chi connectivity index (χ0v) is 14.8. The summed E-state index contributed by atoms with van der Waals surface area (Å²) in [6.07, 6.45) is 0. The number of methoxy groups -OCH3 is 3. The second-order valence-corrected chi connectivity index (χ2v) is 5.29. The van der Waals surface area contributed by atoms with Gasteiger partial charge in [-0.3, -0.25) is 0 Å². The fourth-order valence-electron chi connectivity index (χ4n) is 2.29. The number of carbonyl (C=O) groups excluding carboxylic acids is 1. The first-order valence-electron chi connectivity index (χ1n) is 7.69. The number of esters is 1. The highest BCUT2D eigenvalue weighted by atomic mass is 16.7. The van der Waals surface area contributed by atoms with Crippen LogP contribution in [0.1, 0.15) is 21.5 Å². The van der Waals surface area contributed by atoms with Crippen LogP contribution in [0.15, 0.2) is 36.4 Å². The van der Waals surface area contributed by atoms with Crippen molar-refractivity contribution < 1.29 is 28.5 Å². The van der Waals surface area contributed by atoms with Gasteiger partial charge >= 0.3 is 5.97 Å². The average molecular weight is 346 g/mol. The average Bonchev–Trinajstić information content (AvgIpc) is 2.64. The van der Waals surface area contributed by atoms with Gasteiger partial charge in [-0.15, -0.1) is 0 Å². The van der Waals surface area contributed by atoms with Gasteiger partial charge in [0.05, 0.1) is 14.2 Å². The summed E-state index contributed by atoms with van der Waals surface area (Å²) in [6, 6.07) is 11.0. The Hall–Kier alpha value is -2.73. The Labute approximate surface area is 147 Å². The predicted molar refractivity (Wildman–Crippen MR) is 92.3 cm³/mol. The molecule has 0 saturated heterocycles. The van der Waals surface area contributed by atoms with Gasteiger partial charge in [0.2, 0.25) is 0 Å². The van der Waals surface area contributed by atoms with Crippen molar-refractivity contribution in [2.24, 2.45) is 0 Å². The lowest BCUT2D eigenvalue weighted by Gasteiger charge is -2.15. The van der Waals surface area contributed by atoms with Gasteiger partial charge in [0.1, 0.15) is 29.4 Å². The van der Waals surface area contributed by atoms with E-state index in [4.69, 9.17) is 23.7 Å². The summed E-state index contributed by atoms with van der Waals surface area (Å²) in [7, 11) is 4.46. The van der Waals surface area contributed by atoms with E-state index in [-0.39, 0.29) is 6.79 Å². The SMILES string of the molecule is COCOc1cc(OCc2ccc(OC)cc2)cc(C)c1C(=O)OC. The zero-order chi connectivity index (χ0) is 18.2. The number of carbonyl (C=O) groups is 1. The van der Waals surface area contributed by atoms with Crippen molar-refractivity contribution in [1.29, 1.82) is 0 Å². The summed E-state index contributed by atoms with van der Waals surface area (Å²) in [5.74, 6) is 1.27. The third kappa shape index (κ3) is 4.87. The number of hydrogen-bond acceptors (Lipinski definition) is 6. The third-order valence-corrected chi connectivity index (χ3v) is 3.56. The smallest absolute Gasteiger partial charge is 0.341 e. The molecule has 6 nitrogen and oxygen atoms in total. The first-order chi connectivity index (χ1) is 12.1. The summed E-state index contributed by atoms with van der Waals surface area (Å²) in [5.41, 5.74) is 2.05. The van der Waals surface area contributed by atoms with E-state index in [2.05, 4.69) is 0 Å². The van der Waals surface area contributed by atoms with E-state index in [1.807, 2.05) is 24.3 Å². The molecular weight excluding hydrogens is 324 g/mol. The van der Waals surface area contributed by atoms with E-state index in [0.29, 0.717) is 29.2 Å². The fourth-order valence-corrected chi connectivity index (χ4v) is 2.29. The topological polar surface area (TPSA) is 63.2 Å². The number of aryl methyl sites for hydroxylation is 1. The van der Waals surface area contributed by atoms with Gasteiger partial charge in [0.15, 0.2) is 6.79 Å². The van der Waals surface area contributed by atoms with E-state index < -0.39 is 5.97 Å². The number of ether oxygens (including phenoxy) is 5. The molecular formula is C19H22O6. The largest absolute Gasteiger partial charge is 0.497 e. The maximum atomic E-state index is 12.0. The molecule has 2 rings (SSSR count). The van der Waals surface area contributed by atoms with Gasteiger partial charge in [-0.25, -0.2) is 4.79 Å². The molecule has 0 unspecified atom stereocenters. The van der Waals surface area contributed by atoms with E-state index in [0.717, 1.165) is 11.3 Å². The van der Waals surface area contributed by atoms with Crippen molar-refractivity contribution >= 4 is 5.97 Å². The predicted octanol–water partition coefficient (Wildman–Crippen LogP) is 3.35. The maximum absolute atomic E-state index is 12.0. The van der Waals surface area contributed by atoms with Gasteiger partial charge in [-0.05, 0) is 36.2 Å². The number of hydrogen-bond donors (Lipinski definition) is 0. The molecule has 0 aliphatic carbocycles. The lowest BCUT2D eigenvalue weighted by atomic mass is 10.1. The maximum Gasteiger partial charge on any atom is 0.341 e. The van der Waals surface area contributed by atoms with Gasteiger partial charge in [0, 0.05) is 13.2 Å². The number of rotatable bonds is 8. The Morgan fingerprint density at radius 1 is 0.960 bits per heavy atom. The van der Waals surface area contributed by atoms with Crippen molar-refractivity contribution in [1.82, 2.24) is 0 Å². The van der Waals surface area contributed by atoms with E-state index in [9.17, 15) is 4.79 Å². The second-order valence-electron chi connectivity index (χ2n) is 5.29. The summed E-state index contributed by atoms with van der Waals surface area (Å²) >= 11 is 0. The summed E-state index contributed by atoms with van der Waals surface area (Å²) in [5, 5.41) is 0. The van der Waals surface area contributed by atoms with Crippen LogP contribution in [0.2, 0.25) is 0 Å².